The number of hydrogen-bond acceptors (Lipinski definition) is 3. The number of halogens is 1. The van der Waals surface area contributed by atoms with Crippen LogP contribution in [0.5, 0.6) is 5.75 Å². The zero-order chi connectivity index (χ0) is 19.4. The van der Waals surface area contributed by atoms with Crippen molar-refractivity contribution in [2.24, 2.45) is 5.92 Å². The third kappa shape index (κ3) is 4.25. The Kier molecular flexibility index (Phi) is 5.71. The van der Waals surface area contributed by atoms with Crippen molar-refractivity contribution in [3.05, 3.63) is 64.7 Å². The quantitative estimate of drug-likeness (QED) is 0.727. The van der Waals surface area contributed by atoms with Crippen LogP contribution >= 0.6 is 11.6 Å². The third-order valence-corrected chi connectivity index (χ3v) is 5.35. The molecule has 0 aliphatic heterocycles. The van der Waals surface area contributed by atoms with Crippen molar-refractivity contribution in [2.45, 2.75) is 24.7 Å². The van der Waals surface area contributed by atoms with Crippen LogP contribution in [0.3, 0.4) is 0 Å². The molecule has 1 saturated carbocycles. The molecule has 1 atom stereocenters. The Balaban J connectivity index is 1.67. The zero-order valence-electron chi connectivity index (χ0n) is 15.1. The lowest BCUT2D eigenvalue weighted by Gasteiger charge is -2.19. The molecular formula is C21H22ClNO4. The van der Waals surface area contributed by atoms with Crippen molar-refractivity contribution in [3.8, 4) is 5.75 Å². The molecule has 1 fully saturated rings. The van der Waals surface area contributed by atoms with Gasteiger partial charge in [0.25, 0.3) is 0 Å². The number of aliphatic carboxylic acids is 1. The van der Waals surface area contributed by atoms with Crippen molar-refractivity contribution in [1.82, 2.24) is 5.32 Å². The number of hydrogen-bond donors (Lipinski definition) is 2. The molecule has 1 unspecified atom stereocenters. The summed E-state index contributed by atoms with van der Waals surface area (Å²) in [7, 11) is 1.55. The fraction of sp³-hybridized carbons (Fsp3) is 0.333. The molecule has 0 bridgehead atoms. The Hall–Kier alpha value is -2.53. The van der Waals surface area contributed by atoms with Crippen molar-refractivity contribution in [2.75, 3.05) is 13.7 Å². The Labute approximate surface area is 163 Å². The fourth-order valence-electron chi connectivity index (χ4n) is 3.31. The minimum atomic E-state index is -0.947. The number of carbonyl (C=O) groups is 2. The van der Waals surface area contributed by atoms with Crippen LogP contribution in [0, 0.1) is 5.92 Å². The second kappa shape index (κ2) is 8.01. The summed E-state index contributed by atoms with van der Waals surface area (Å²) >= 11 is 5.92. The van der Waals surface area contributed by atoms with E-state index in [0.717, 1.165) is 24.0 Å². The second-order valence-electron chi connectivity index (χ2n) is 6.85. The highest BCUT2D eigenvalue weighted by atomic mass is 35.5. The Morgan fingerprint density at radius 1 is 1.19 bits per heavy atom. The van der Waals surface area contributed by atoms with Crippen molar-refractivity contribution >= 4 is 23.5 Å². The number of amides is 1. The molecule has 1 amide bonds. The van der Waals surface area contributed by atoms with E-state index in [1.165, 1.54) is 0 Å². The van der Waals surface area contributed by atoms with Gasteiger partial charge in [-0.05, 0) is 48.6 Å². The standard InChI is InChI=1S/C21H22ClNO4/c1-27-18-5-3-2-4-14(18)12-15(19(24)25)13-23-20(26)21(10-11-21)16-6-8-17(22)9-7-16/h2-9,15H,10-13H2,1H3,(H,23,26)(H,24,25). The molecule has 2 aromatic rings. The largest absolute Gasteiger partial charge is 0.496 e. The van der Waals surface area contributed by atoms with Gasteiger partial charge in [0, 0.05) is 11.6 Å². The summed E-state index contributed by atoms with van der Waals surface area (Å²) < 4.78 is 5.29. The first-order valence-electron chi connectivity index (χ1n) is 8.85. The number of methoxy groups -OCH3 is 1. The molecule has 0 heterocycles. The molecule has 0 saturated heterocycles. The van der Waals surface area contributed by atoms with Gasteiger partial charge in [-0.3, -0.25) is 9.59 Å². The van der Waals surface area contributed by atoms with E-state index in [-0.39, 0.29) is 18.9 Å². The van der Waals surface area contributed by atoms with Gasteiger partial charge in [0.2, 0.25) is 5.91 Å². The molecule has 1 aliphatic rings. The number of ether oxygens (including phenoxy) is 1. The number of carboxylic acid groups (broad SMARTS) is 1. The van der Waals surface area contributed by atoms with Crippen LogP contribution in [0.4, 0.5) is 0 Å². The smallest absolute Gasteiger partial charge is 0.308 e. The average molecular weight is 388 g/mol. The van der Waals surface area contributed by atoms with E-state index in [0.29, 0.717) is 10.8 Å². The summed E-state index contributed by atoms with van der Waals surface area (Å²) in [5, 5.41) is 13.0. The van der Waals surface area contributed by atoms with Gasteiger partial charge in [0.15, 0.2) is 0 Å². The van der Waals surface area contributed by atoms with E-state index in [2.05, 4.69) is 5.32 Å². The molecule has 0 spiro atoms. The van der Waals surface area contributed by atoms with Crippen LogP contribution < -0.4 is 10.1 Å². The van der Waals surface area contributed by atoms with Crippen LogP contribution in [0.2, 0.25) is 5.02 Å². The zero-order valence-corrected chi connectivity index (χ0v) is 15.8. The first-order chi connectivity index (χ1) is 13.0. The van der Waals surface area contributed by atoms with Gasteiger partial charge in [0.1, 0.15) is 5.75 Å². The molecule has 6 heteroatoms. The first kappa shape index (κ1) is 19.2. The average Bonchev–Trinajstić information content (AvgIpc) is 3.47. The lowest BCUT2D eigenvalue weighted by molar-refractivity contribution is -0.141. The number of carbonyl (C=O) groups excluding carboxylic acids is 1. The Morgan fingerprint density at radius 2 is 1.85 bits per heavy atom. The number of para-hydroxylation sites is 1. The van der Waals surface area contributed by atoms with Crippen molar-refractivity contribution in [1.29, 1.82) is 0 Å². The van der Waals surface area contributed by atoms with Gasteiger partial charge < -0.3 is 15.2 Å². The molecule has 5 nitrogen and oxygen atoms in total. The van der Waals surface area contributed by atoms with E-state index >= 15 is 0 Å². The molecule has 27 heavy (non-hydrogen) atoms. The molecule has 2 aromatic carbocycles. The monoisotopic (exact) mass is 387 g/mol. The minimum Gasteiger partial charge on any atom is -0.496 e. The number of benzene rings is 2. The maximum Gasteiger partial charge on any atom is 0.308 e. The lowest BCUT2D eigenvalue weighted by Crippen LogP contribution is -2.40. The molecule has 1 aliphatic carbocycles. The van der Waals surface area contributed by atoms with Gasteiger partial charge in [0.05, 0.1) is 18.4 Å². The molecule has 3 rings (SSSR count). The summed E-state index contributed by atoms with van der Waals surface area (Å²) in [6, 6.07) is 14.6. The maximum absolute atomic E-state index is 12.8. The Morgan fingerprint density at radius 3 is 2.44 bits per heavy atom. The van der Waals surface area contributed by atoms with Crippen LogP contribution in [-0.4, -0.2) is 30.6 Å². The highest BCUT2D eigenvalue weighted by Crippen LogP contribution is 2.48. The summed E-state index contributed by atoms with van der Waals surface area (Å²) in [6.07, 6.45) is 1.79. The number of rotatable bonds is 8. The molecule has 2 N–H and O–H groups in total. The predicted molar refractivity (Wildman–Crippen MR) is 103 cm³/mol. The molecule has 142 valence electrons. The highest BCUT2D eigenvalue weighted by Gasteiger charge is 2.51. The van der Waals surface area contributed by atoms with Crippen LogP contribution in [0.15, 0.2) is 48.5 Å². The molecular weight excluding hydrogens is 366 g/mol. The number of carboxylic acids is 1. The van der Waals surface area contributed by atoms with Gasteiger partial charge in [-0.2, -0.15) is 0 Å². The topological polar surface area (TPSA) is 75.6 Å². The summed E-state index contributed by atoms with van der Waals surface area (Å²) in [4.78, 5) is 24.4. The van der Waals surface area contributed by atoms with E-state index in [4.69, 9.17) is 16.3 Å². The van der Waals surface area contributed by atoms with E-state index in [1.54, 1.807) is 25.3 Å². The van der Waals surface area contributed by atoms with Gasteiger partial charge in [-0.1, -0.05) is 41.9 Å². The molecule has 0 aromatic heterocycles. The molecule has 0 radical (unpaired) electrons. The normalized spacial score (nSPS) is 15.6. The Bertz CT molecular complexity index is 830. The van der Waals surface area contributed by atoms with Crippen LogP contribution in [0.1, 0.15) is 24.0 Å². The summed E-state index contributed by atoms with van der Waals surface area (Å²) in [5.41, 5.74) is 1.17. The lowest BCUT2D eigenvalue weighted by atomic mass is 9.94. The van der Waals surface area contributed by atoms with Crippen molar-refractivity contribution in [3.63, 3.8) is 0 Å². The SMILES string of the molecule is COc1ccccc1CC(CNC(=O)C1(c2ccc(Cl)cc2)CC1)C(=O)O. The predicted octanol–water partition coefficient (Wildman–Crippen LogP) is 3.44. The number of nitrogens with one attached hydrogen (secondary N) is 1. The maximum atomic E-state index is 12.8. The van der Waals surface area contributed by atoms with Gasteiger partial charge in [-0.15, -0.1) is 0 Å². The van der Waals surface area contributed by atoms with Gasteiger partial charge in [-0.25, -0.2) is 0 Å². The minimum absolute atomic E-state index is 0.0710. The van der Waals surface area contributed by atoms with E-state index < -0.39 is 17.3 Å². The van der Waals surface area contributed by atoms with E-state index in [1.807, 2.05) is 30.3 Å². The summed E-state index contributed by atoms with van der Waals surface area (Å²) in [5.74, 6) is -1.16. The first-order valence-corrected chi connectivity index (χ1v) is 9.23. The third-order valence-electron chi connectivity index (χ3n) is 5.10. The van der Waals surface area contributed by atoms with E-state index in [9.17, 15) is 14.7 Å². The van der Waals surface area contributed by atoms with Crippen LogP contribution in [0.25, 0.3) is 0 Å². The highest BCUT2D eigenvalue weighted by molar-refractivity contribution is 6.30. The van der Waals surface area contributed by atoms with Crippen LogP contribution in [-0.2, 0) is 21.4 Å². The van der Waals surface area contributed by atoms with Crippen molar-refractivity contribution < 1.29 is 19.4 Å². The van der Waals surface area contributed by atoms with Gasteiger partial charge >= 0.3 is 5.97 Å². The second-order valence-corrected chi connectivity index (χ2v) is 7.29. The fourth-order valence-corrected chi connectivity index (χ4v) is 3.44. The summed E-state index contributed by atoms with van der Waals surface area (Å²) in [6.45, 7) is 0.0710.